The van der Waals surface area contributed by atoms with Crippen LogP contribution in [0.3, 0.4) is 0 Å². The predicted octanol–water partition coefficient (Wildman–Crippen LogP) is 3.96. The fraction of sp³-hybridized carbons (Fsp3) is 0.438. The Bertz CT molecular complexity index is 469. The fourth-order valence-electron chi connectivity index (χ4n) is 2.43. The maximum atomic E-state index is 11.9. The molecule has 0 spiro atoms. The molecule has 0 fully saturated rings. The second-order valence-corrected chi connectivity index (χ2v) is 6.57. The lowest BCUT2D eigenvalue weighted by Crippen LogP contribution is -2.45. The lowest BCUT2D eigenvalue weighted by atomic mass is 9.95. The second kappa shape index (κ2) is 6.38. The van der Waals surface area contributed by atoms with Crippen molar-refractivity contribution in [3.63, 3.8) is 0 Å². The molecule has 102 valence electrons. The van der Waals surface area contributed by atoms with Crippen molar-refractivity contribution >= 4 is 21.8 Å². The maximum absolute atomic E-state index is 11.9. The number of halogens is 1. The highest BCUT2D eigenvalue weighted by molar-refractivity contribution is 9.10. The number of alkyl halides is 1. The van der Waals surface area contributed by atoms with E-state index in [1.54, 1.807) is 0 Å². The van der Waals surface area contributed by atoms with Crippen molar-refractivity contribution in [2.45, 2.75) is 43.5 Å². The molecule has 1 heterocycles. The Labute approximate surface area is 123 Å². The van der Waals surface area contributed by atoms with Crippen LogP contribution in [-0.4, -0.2) is 10.4 Å². The van der Waals surface area contributed by atoms with Gasteiger partial charge < -0.3 is 5.32 Å². The van der Waals surface area contributed by atoms with Crippen LogP contribution in [0.25, 0.3) is 0 Å². The Balaban J connectivity index is 2.12. The molecule has 1 aliphatic heterocycles. The maximum Gasteiger partial charge on any atom is 0.225 e. The van der Waals surface area contributed by atoms with E-state index in [-0.39, 0.29) is 10.4 Å². The molecule has 1 N–H and O–H groups in total. The molecule has 1 atom stereocenters. The van der Waals surface area contributed by atoms with Crippen LogP contribution in [0, 0.1) is 0 Å². The van der Waals surface area contributed by atoms with Crippen molar-refractivity contribution in [2.24, 2.45) is 0 Å². The molecule has 1 aliphatic rings. The molecule has 2 rings (SSSR count). The summed E-state index contributed by atoms with van der Waals surface area (Å²) in [5.41, 5.74) is 2.46. The van der Waals surface area contributed by atoms with Crippen LogP contribution < -0.4 is 5.32 Å². The van der Waals surface area contributed by atoms with E-state index in [1.807, 2.05) is 18.2 Å². The number of rotatable bonds is 5. The molecular formula is C16H20BrNO. The van der Waals surface area contributed by atoms with Gasteiger partial charge in [-0.1, -0.05) is 71.6 Å². The zero-order chi connectivity index (χ0) is 13.7. The Morgan fingerprint density at radius 2 is 2.05 bits per heavy atom. The van der Waals surface area contributed by atoms with Crippen molar-refractivity contribution in [3.8, 4) is 0 Å². The molecule has 0 aliphatic carbocycles. The van der Waals surface area contributed by atoms with Gasteiger partial charge in [-0.05, 0) is 24.5 Å². The van der Waals surface area contributed by atoms with E-state index in [0.29, 0.717) is 6.42 Å². The number of benzene rings is 1. The van der Waals surface area contributed by atoms with Gasteiger partial charge in [0, 0.05) is 6.42 Å². The lowest BCUT2D eigenvalue weighted by Gasteiger charge is -2.31. The SMILES string of the molecule is CCCCC1(Br)C=C(Cc2ccccc2)CC(=O)N1. The number of hydrogen-bond acceptors (Lipinski definition) is 1. The highest BCUT2D eigenvalue weighted by atomic mass is 79.9. The summed E-state index contributed by atoms with van der Waals surface area (Å²) in [7, 11) is 0. The average Bonchev–Trinajstić information content (AvgIpc) is 2.36. The minimum atomic E-state index is -0.345. The van der Waals surface area contributed by atoms with Gasteiger partial charge in [-0.3, -0.25) is 4.79 Å². The first-order chi connectivity index (χ1) is 9.11. The van der Waals surface area contributed by atoms with Crippen LogP contribution in [0.5, 0.6) is 0 Å². The first kappa shape index (κ1) is 14.3. The molecule has 1 aromatic carbocycles. The summed E-state index contributed by atoms with van der Waals surface area (Å²) in [6.45, 7) is 2.16. The molecule has 0 radical (unpaired) electrons. The smallest absolute Gasteiger partial charge is 0.225 e. The largest absolute Gasteiger partial charge is 0.337 e. The minimum absolute atomic E-state index is 0.112. The Morgan fingerprint density at radius 1 is 1.32 bits per heavy atom. The summed E-state index contributed by atoms with van der Waals surface area (Å²) in [4.78, 5) is 11.9. The van der Waals surface area contributed by atoms with Crippen molar-refractivity contribution in [2.75, 3.05) is 0 Å². The summed E-state index contributed by atoms with van der Waals surface area (Å²) in [6.07, 6.45) is 6.72. The third-order valence-corrected chi connectivity index (χ3v) is 4.16. The molecule has 2 nitrogen and oxygen atoms in total. The van der Waals surface area contributed by atoms with Crippen molar-refractivity contribution in [1.82, 2.24) is 5.32 Å². The molecule has 0 aromatic heterocycles. The van der Waals surface area contributed by atoms with Gasteiger partial charge in [-0.2, -0.15) is 0 Å². The molecule has 19 heavy (non-hydrogen) atoms. The number of nitrogens with one attached hydrogen (secondary N) is 1. The zero-order valence-corrected chi connectivity index (χ0v) is 12.9. The van der Waals surface area contributed by atoms with E-state index >= 15 is 0 Å². The van der Waals surface area contributed by atoms with Gasteiger partial charge in [0.05, 0.1) is 0 Å². The minimum Gasteiger partial charge on any atom is -0.337 e. The molecule has 1 amide bonds. The molecule has 1 unspecified atom stereocenters. The van der Waals surface area contributed by atoms with Crippen molar-refractivity contribution in [3.05, 3.63) is 47.5 Å². The molecule has 3 heteroatoms. The molecular weight excluding hydrogens is 302 g/mol. The van der Waals surface area contributed by atoms with E-state index < -0.39 is 0 Å². The quantitative estimate of drug-likeness (QED) is 0.496. The van der Waals surface area contributed by atoms with Crippen LogP contribution in [0.1, 0.15) is 38.2 Å². The number of carbonyl (C=O) groups is 1. The number of unbranched alkanes of at least 4 members (excludes halogenated alkanes) is 1. The van der Waals surface area contributed by atoms with E-state index in [1.165, 1.54) is 11.1 Å². The van der Waals surface area contributed by atoms with Crippen LogP contribution in [-0.2, 0) is 11.2 Å². The standard InChI is InChI=1S/C16H20BrNO/c1-2-3-9-16(17)12-14(11-15(19)18-16)10-13-7-5-4-6-8-13/h4-8,12H,2-3,9-11H2,1H3,(H,18,19). The molecule has 0 saturated carbocycles. The average molecular weight is 322 g/mol. The summed E-state index contributed by atoms with van der Waals surface area (Å²) in [5.74, 6) is 0.112. The van der Waals surface area contributed by atoms with Crippen LogP contribution in [0.15, 0.2) is 42.0 Å². The Morgan fingerprint density at radius 3 is 2.74 bits per heavy atom. The topological polar surface area (TPSA) is 29.1 Å². The van der Waals surface area contributed by atoms with Crippen molar-refractivity contribution < 1.29 is 4.79 Å². The van der Waals surface area contributed by atoms with E-state index in [2.05, 4.69) is 46.4 Å². The summed E-state index contributed by atoms with van der Waals surface area (Å²) >= 11 is 3.68. The van der Waals surface area contributed by atoms with Crippen LogP contribution in [0.4, 0.5) is 0 Å². The molecule has 0 saturated heterocycles. The van der Waals surface area contributed by atoms with E-state index in [9.17, 15) is 4.79 Å². The first-order valence-electron chi connectivity index (χ1n) is 6.86. The van der Waals surface area contributed by atoms with Gasteiger partial charge in [0.15, 0.2) is 0 Å². The molecule has 1 aromatic rings. The van der Waals surface area contributed by atoms with Crippen LogP contribution in [0.2, 0.25) is 0 Å². The van der Waals surface area contributed by atoms with E-state index in [0.717, 1.165) is 25.7 Å². The first-order valence-corrected chi connectivity index (χ1v) is 7.65. The van der Waals surface area contributed by atoms with Gasteiger partial charge in [-0.15, -0.1) is 0 Å². The highest BCUT2D eigenvalue weighted by Gasteiger charge is 2.30. The zero-order valence-electron chi connectivity index (χ0n) is 11.3. The van der Waals surface area contributed by atoms with Gasteiger partial charge in [0.1, 0.15) is 4.45 Å². The fourth-order valence-corrected chi connectivity index (χ4v) is 3.26. The lowest BCUT2D eigenvalue weighted by molar-refractivity contribution is -0.121. The van der Waals surface area contributed by atoms with Crippen LogP contribution >= 0.6 is 15.9 Å². The Hall–Kier alpha value is -1.09. The predicted molar refractivity (Wildman–Crippen MR) is 82.2 cm³/mol. The number of hydrogen-bond donors (Lipinski definition) is 1. The third-order valence-electron chi connectivity index (χ3n) is 3.34. The number of amides is 1. The second-order valence-electron chi connectivity index (χ2n) is 5.16. The van der Waals surface area contributed by atoms with Crippen molar-refractivity contribution in [1.29, 1.82) is 0 Å². The summed E-state index contributed by atoms with van der Waals surface area (Å²) in [6, 6.07) is 10.3. The normalized spacial score (nSPS) is 22.8. The monoisotopic (exact) mass is 321 g/mol. The highest BCUT2D eigenvalue weighted by Crippen LogP contribution is 2.30. The van der Waals surface area contributed by atoms with Gasteiger partial charge in [0.2, 0.25) is 5.91 Å². The van der Waals surface area contributed by atoms with Gasteiger partial charge >= 0.3 is 0 Å². The van der Waals surface area contributed by atoms with E-state index in [4.69, 9.17) is 0 Å². The number of carbonyl (C=O) groups excluding carboxylic acids is 1. The summed E-state index contributed by atoms with van der Waals surface area (Å²) < 4.78 is -0.345. The Kier molecular flexibility index (Phi) is 4.81. The molecule has 0 bridgehead atoms. The summed E-state index contributed by atoms with van der Waals surface area (Å²) in [5, 5.41) is 3.04. The van der Waals surface area contributed by atoms with Gasteiger partial charge in [-0.25, -0.2) is 0 Å². The van der Waals surface area contributed by atoms with Gasteiger partial charge in [0.25, 0.3) is 0 Å². The third kappa shape index (κ3) is 4.20.